The number of hydrogen-bond donors (Lipinski definition) is 1. The first-order chi connectivity index (χ1) is 13.7. The molecule has 0 spiro atoms. The molecule has 1 aromatic heterocycles. The normalized spacial score (nSPS) is 19.7. The van der Waals surface area contributed by atoms with Gasteiger partial charge >= 0.3 is 5.97 Å². The van der Waals surface area contributed by atoms with E-state index in [2.05, 4.69) is 20.0 Å². The molecule has 29 heavy (non-hydrogen) atoms. The lowest BCUT2D eigenvalue weighted by molar-refractivity contribution is -0.145. The van der Waals surface area contributed by atoms with Gasteiger partial charge in [-0.2, -0.15) is 0 Å². The molecule has 3 rings (SSSR count). The van der Waals surface area contributed by atoms with Gasteiger partial charge in [0, 0.05) is 6.04 Å². The monoisotopic (exact) mass is 412 g/mol. The molecule has 160 valence electrons. The lowest BCUT2D eigenvalue weighted by Crippen LogP contribution is -2.56. The average molecular weight is 412 g/mol. The summed E-state index contributed by atoms with van der Waals surface area (Å²) in [5.74, 6) is -3.20. The van der Waals surface area contributed by atoms with E-state index in [0.717, 1.165) is 12.8 Å². The van der Waals surface area contributed by atoms with Gasteiger partial charge in [-0.25, -0.2) is 18.7 Å². The molecule has 1 N–H and O–H groups in total. The van der Waals surface area contributed by atoms with Crippen LogP contribution < -0.4 is 15.0 Å². The first-order valence-corrected chi connectivity index (χ1v) is 9.70. The summed E-state index contributed by atoms with van der Waals surface area (Å²) in [6.07, 6.45) is 3.76. The fourth-order valence-corrected chi connectivity index (χ4v) is 3.12. The van der Waals surface area contributed by atoms with Crippen LogP contribution in [0.2, 0.25) is 0 Å². The molecule has 2 aliphatic rings. The van der Waals surface area contributed by atoms with Gasteiger partial charge in [0.05, 0.1) is 38.9 Å². The maximum atomic E-state index is 13.2. The van der Waals surface area contributed by atoms with Gasteiger partial charge in [0.2, 0.25) is 0 Å². The summed E-state index contributed by atoms with van der Waals surface area (Å²) in [5.41, 5.74) is 0.0319. The molecule has 0 radical (unpaired) electrons. The largest absolute Gasteiger partial charge is 0.475 e. The third-order valence-electron chi connectivity index (χ3n) is 4.94. The Morgan fingerprint density at radius 1 is 1.34 bits per heavy atom. The predicted molar refractivity (Wildman–Crippen MR) is 100 cm³/mol. The summed E-state index contributed by atoms with van der Waals surface area (Å²) in [4.78, 5) is 33.8. The predicted octanol–water partition coefficient (Wildman–Crippen LogP) is 2.04. The summed E-state index contributed by atoms with van der Waals surface area (Å²) < 4.78 is 36.9. The van der Waals surface area contributed by atoms with Gasteiger partial charge in [-0.1, -0.05) is 6.92 Å². The van der Waals surface area contributed by atoms with Gasteiger partial charge in [0.15, 0.2) is 11.5 Å². The smallest absolute Gasteiger partial charge is 0.308 e. The van der Waals surface area contributed by atoms with Crippen LogP contribution in [0, 0.1) is 11.8 Å². The molecule has 2 heterocycles. The maximum absolute atomic E-state index is 13.2. The third kappa shape index (κ3) is 5.51. The van der Waals surface area contributed by atoms with Crippen LogP contribution in [0.1, 0.15) is 43.6 Å². The quantitative estimate of drug-likeness (QED) is 0.621. The van der Waals surface area contributed by atoms with Gasteiger partial charge in [0.1, 0.15) is 0 Å². The van der Waals surface area contributed by atoms with Crippen LogP contribution in [0.3, 0.4) is 0 Å². The number of alkyl halides is 2. The fourth-order valence-electron chi connectivity index (χ4n) is 3.12. The number of esters is 1. The zero-order chi connectivity index (χ0) is 21.2. The molecule has 1 aliphatic heterocycles. The molecule has 1 aromatic rings. The van der Waals surface area contributed by atoms with Crippen LogP contribution in [0.5, 0.6) is 5.88 Å². The number of halogens is 2. The van der Waals surface area contributed by atoms with E-state index in [4.69, 9.17) is 4.74 Å². The highest BCUT2D eigenvalue weighted by Gasteiger charge is 2.46. The fraction of sp³-hybridized carbons (Fsp3) is 0.684. The average Bonchev–Trinajstić information content (AvgIpc) is 3.47. The molecule has 1 amide bonds. The van der Waals surface area contributed by atoms with Gasteiger partial charge in [-0.3, -0.25) is 9.59 Å². The van der Waals surface area contributed by atoms with Crippen molar-refractivity contribution in [2.75, 3.05) is 31.7 Å². The Morgan fingerprint density at radius 3 is 2.62 bits per heavy atom. The van der Waals surface area contributed by atoms with E-state index in [-0.39, 0.29) is 35.3 Å². The SMILES string of the molecule is COC(=O)C(C)CC(C)NC(=O)c1cnc(N2CC(F)(F)C2)c(OCC2CC2)n1. The molecule has 1 saturated carbocycles. The van der Waals surface area contributed by atoms with Crippen molar-refractivity contribution in [3.8, 4) is 5.88 Å². The standard InChI is InChI=1S/C19H26F2N4O4/c1-11(18(27)28-3)6-12(2)23-16(26)14-7-22-15(25-9-19(20,21)10-25)17(24-14)29-8-13-4-5-13/h7,11-13H,4-6,8-10H2,1-3H3,(H,23,26). The summed E-state index contributed by atoms with van der Waals surface area (Å²) in [6.45, 7) is 3.01. The Balaban J connectivity index is 1.67. The number of carbonyl (C=O) groups is 2. The van der Waals surface area contributed by atoms with Gasteiger partial charge in [-0.15, -0.1) is 0 Å². The van der Waals surface area contributed by atoms with Crippen LogP contribution in [-0.4, -0.2) is 60.6 Å². The van der Waals surface area contributed by atoms with Crippen LogP contribution in [-0.2, 0) is 9.53 Å². The number of nitrogens with zero attached hydrogens (tertiary/aromatic N) is 3. The molecule has 2 fully saturated rings. The minimum Gasteiger partial charge on any atom is -0.475 e. The van der Waals surface area contributed by atoms with Gasteiger partial charge < -0.3 is 19.7 Å². The molecular weight excluding hydrogens is 386 g/mol. The molecule has 0 bridgehead atoms. The highest BCUT2D eigenvalue weighted by molar-refractivity contribution is 5.92. The molecule has 8 nitrogen and oxygen atoms in total. The number of aromatic nitrogens is 2. The Bertz CT molecular complexity index is 765. The van der Waals surface area contributed by atoms with Gasteiger partial charge in [-0.05, 0) is 32.1 Å². The molecule has 0 aromatic carbocycles. The second kappa shape index (κ2) is 8.46. The zero-order valence-electron chi connectivity index (χ0n) is 16.8. The molecule has 2 atom stereocenters. The topological polar surface area (TPSA) is 93.6 Å². The van der Waals surface area contributed by atoms with Crippen LogP contribution in [0.25, 0.3) is 0 Å². The lowest BCUT2D eigenvalue weighted by Gasteiger charge is -2.39. The van der Waals surface area contributed by atoms with Crippen molar-refractivity contribution in [1.29, 1.82) is 0 Å². The van der Waals surface area contributed by atoms with E-state index in [1.165, 1.54) is 18.2 Å². The number of anilines is 1. The third-order valence-corrected chi connectivity index (χ3v) is 4.94. The van der Waals surface area contributed by atoms with Crippen LogP contribution in [0.4, 0.5) is 14.6 Å². The molecule has 1 saturated heterocycles. The van der Waals surface area contributed by atoms with Crippen molar-refractivity contribution in [3.05, 3.63) is 11.9 Å². The number of hydrogen-bond acceptors (Lipinski definition) is 7. The van der Waals surface area contributed by atoms with Crippen molar-refractivity contribution in [2.45, 2.75) is 45.1 Å². The Labute approximate surface area is 168 Å². The van der Waals surface area contributed by atoms with Crippen molar-refractivity contribution in [2.24, 2.45) is 11.8 Å². The Hall–Kier alpha value is -2.52. The number of amides is 1. The summed E-state index contributed by atoms with van der Waals surface area (Å²) in [7, 11) is 1.32. The minimum atomic E-state index is -2.75. The van der Waals surface area contributed by atoms with Crippen molar-refractivity contribution < 1.29 is 27.8 Å². The van der Waals surface area contributed by atoms with E-state index in [9.17, 15) is 18.4 Å². The Morgan fingerprint density at radius 2 is 2.03 bits per heavy atom. The Kier molecular flexibility index (Phi) is 6.18. The van der Waals surface area contributed by atoms with Crippen LogP contribution in [0.15, 0.2) is 6.20 Å². The van der Waals surface area contributed by atoms with E-state index in [0.29, 0.717) is 18.9 Å². The highest BCUT2D eigenvalue weighted by atomic mass is 19.3. The maximum Gasteiger partial charge on any atom is 0.308 e. The first kappa shape index (κ1) is 21.2. The molecule has 2 unspecified atom stereocenters. The van der Waals surface area contributed by atoms with Crippen LogP contribution >= 0.6 is 0 Å². The lowest BCUT2D eigenvalue weighted by atomic mass is 10.0. The molecule has 10 heteroatoms. The van der Waals surface area contributed by atoms with Crippen molar-refractivity contribution >= 4 is 17.7 Å². The number of carbonyl (C=O) groups excluding carboxylic acids is 2. The molecular formula is C19H26F2N4O4. The van der Waals surface area contributed by atoms with E-state index in [1.54, 1.807) is 13.8 Å². The van der Waals surface area contributed by atoms with E-state index in [1.807, 2.05) is 0 Å². The van der Waals surface area contributed by atoms with Crippen molar-refractivity contribution in [1.82, 2.24) is 15.3 Å². The summed E-state index contributed by atoms with van der Waals surface area (Å²) in [5, 5.41) is 2.76. The van der Waals surface area contributed by atoms with E-state index < -0.39 is 24.9 Å². The number of nitrogens with one attached hydrogen (secondary N) is 1. The summed E-state index contributed by atoms with van der Waals surface area (Å²) in [6, 6.07) is -0.303. The number of ether oxygens (including phenoxy) is 2. The molecule has 1 aliphatic carbocycles. The highest BCUT2D eigenvalue weighted by Crippen LogP contribution is 2.36. The second-order valence-electron chi connectivity index (χ2n) is 7.88. The van der Waals surface area contributed by atoms with E-state index >= 15 is 0 Å². The minimum absolute atomic E-state index is 0.0319. The number of methoxy groups -OCH3 is 1. The van der Waals surface area contributed by atoms with Crippen molar-refractivity contribution in [3.63, 3.8) is 0 Å². The first-order valence-electron chi connectivity index (χ1n) is 9.70. The second-order valence-corrected chi connectivity index (χ2v) is 7.88. The number of rotatable bonds is 9. The zero-order valence-corrected chi connectivity index (χ0v) is 16.8. The van der Waals surface area contributed by atoms with Gasteiger partial charge in [0.25, 0.3) is 17.7 Å². The summed E-state index contributed by atoms with van der Waals surface area (Å²) >= 11 is 0.